The van der Waals surface area contributed by atoms with Crippen LogP contribution in [0.3, 0.4) is 0 Å². The molecule has 0 amide bonds. The molecule has 4 heteroatoms. The van der Waals surface area contributed by atoms with Gasteiger partial charge in [-0.25, -0.2) is 0 Å². The quantitative estimate of drug-likeness (QED) is 0.891. The van der Waals surface area contributed by atoms with Gasteiger partial charge in [-0.2, -0.15) is 0 Å². The summed E-state index contributed by atoms with van der Waals surface area (Å²) in [5, 5.41) is 3.93. The highest BCUT2D eigenvalue weighted by atomic mass is 35.5. The Kier molecular flexibility index (Phi) is 4.63. The van der Waals surface area contributed by atoms with Crippen molar-refractivity contribution in [2.45, 2.75) is 26.5 Å². The van der Waals surface area contributed by atoms with Crippen molar-refractivity contribution in [3.8, 4) is 5.75 Å². The maximum atomic E-state index is 6.08. The molecule has 2 aromatic rings. The van der Waals surface area contributed by atoms with Crippen LogP contribution < -0.4 is 10.1 Å². The SMILES string of the molecule is CC(C)Oc1ccccc1CNc1cnccc1Cl. The molecule has 0 aliphatic rings. The Bertz CT molecular complexity index is 543. The number of benzene rings is 1. The van der Waals surface area contributed by atoms with Gasteiger partial charge in [0, 0.05) is 18.3 Å². The first-order valence-corrected chi connectivity index (χ1v) is 6.62. The number of rotatable bonds is 5. The fraction of sp³-hybridized carbons (Fsp3) is 0.267. The Hall–Kier alpha value is -1.74. The smallest absolute Gasteiger partial charge is 0.124 e. The molecule has 0 fully saturated rings. The highest BCUT2D eigenvalue weighted by Crippen LogP contribution is 2.23. The minimum absolute atomic E-state index is 0.156. The number of nitrogens with one attached hydrogen (secondary N) is 1. The van der Waals surface area contributed by atoms with Crippen molar-refractivity contribution in [3.05, 3.63) is 53.3 Å². The number of pyridine rings is 1. The van der Waals surface area contributed by atoms with E-state index >= 15 is 0 Å². The van der Waals surface area contributed by atoms with E-state index in [1.165, 1.54) is 0 Å². The molecule has 2 rings (SSSR count). The molecule has 1 heterocycles. The second-order valence-corrected chi connectivity index (χ2v) is 4.89. The van der Waals surface area contributed by atoms with E-state index in [1.54, 1.807) is 18.5 Å². The van der Waals surface area contributed by atoms with E-state index in [-0.39, 0.29) is 6.10 Å². The van der Waals surface area contributed by atoms with Crippen molar-refractivity contribution in [1.82, 2.24) is 4.98 Å². The lowest BCUT2D eigenvalue weighted by atomic mass is 10.2. The lowest BCUT2D eigenvalue weighted by Gasteiger charge is -2.15. The van der Waals surface area contributed by atoms with Crippen LogP contribution in [0.4, 0.5) is 5.69 Å². The van der Waals surface area contributed by atoms with Crippen LogP contribution in [-0.4, -0.2) is 11.1 Å². The molecule has 0 aliphatic carbocycles. The lowest BCUT2D eigenvalue weighted by molar-refractivity contribution is 0.240. The van der Waals surface area contributed by atoms with Crippen LogP contribution in [0.5, 0.6) is 5.75 Å². The number of aromatic nitrogens is 1. The highest BCUT2D eigenvalue weighted by Gasteiger charge is 2.06. The van der Waals surface area contributed by atoms with Gasteiger partial charge in [0.05, 0.1) is 23.0 Å². The Morgan fingerprint density at radius 3 is 2.79 bits per heavy atom. The summed E-state index contributed by atoms with van der Waals surface area (Å²) in [7, 11) is 0. The minimum Gasteiger partial charge on any atom is -0.491 e. The minimum atomic E-state index is 0.156. The summed E-state index contributed by atoms with van der Waals surface area (Å²) in [5.74, 6) is 0.894. The second kappa shape index (κ2) is 6.43. The van der Waals surface area contributed by atoms with Gasteiger partial charge in [-0.3, -0.25) is 4.98 Å². The number of ether oxygens (including phenoxy) is 1. The van der Waals surface area contributed by atoms with E-state index in [0.29, 0.717) is 11.6 Å². The normalized spacial score (nSPS) is 10.5. The summed E-state index contributed by atoms with van der Waals surface area (Å²) in [4.78, 5) is 4.05. The van der Waals surface area contributed by atoms with Crippen LogP contribution in [-0.2, 0) is 6.54 Å². The first-order chi connectivity index (χ1) is 9.16. The van der Waals surface area contributed by atoms with Crippen molar-refractivity contribution in [1.29, 1.82) is 0 Å². The Labute approximate surface area is 118 Å². The summed E-state index contributed by atoms with van der Waals surface area (Å²) >= 11 is 6.08. The van der Waals surface area contributed by atoms with Gasteiger partial charge < -0.3 is 10.1 Å². The molecule has 1 N–H and O–H groups in total. The third-order valence-corrected chi connectivity index (χ3v) is 2.90. The fourth-order valence-corrected chi connectivity index (χ4v) is 1.89. The number of nitrogens with zero attached hydrogens (tertiary/aromatic N) is 1. The van der Waals surface area contributed by atoms with Crippen LogP contribution in [0.15, 0.2) is 42.7 Å². The van der Waals surface area contributed by atoms with Gasteiger partial charge in [-0.1, -0.05) is 29.8 Å². The summed E-state index contributed by atoms with van der Waals surface area (Å²) in [6, 6.07) is 9.74. The first kappa shape index (κ1) is 13.7. The van der Waals surface area contributed by atoms with Gasteiger partial charge in [0.2, 0.25) is 0 Å². The third-order valence-electron chi connectivity index (χ3n) is 2.57. The third kappa shape index (κ3) is 3.86. The number of anilines is 1. The molecule has 0 radical (unpaired) electrons. The van der Waals surface area contributed by atoms with Crippen molar-refractivity contribution in [2.24, 2.45) is 0 Å². The lowest BCUT2D eigenvalue weighted by Crippen LogP contribution is -2.09. The van der Waals surface area contributed by atoms with Crippen LogP contribution >= 0.6 is 11.6 Å². The van der Waals surface area contributed by atoms with E-state index in [9.17, 15) is 0 Å². The van der Waals surface area contributed by atoms with Gasteiger partial charge in [-0.15, -0.1) is 0 Å². The van der Waals surface area contributed by atoms with Gasteiger partial charge in [0.1, 0.15) is 5.75 Å². The van der Waals surface area contributed by atoms with Gasteiger partial charge in [-0.05, 0) is 26.0 Å². The van der Waals surface area contributed by atoms with Gasteiger partial charge >= 0.3 is 0 Å². The topological polar surface area (TPSA) is 34.1 Å². The summed E-state index contributed by atoms with van der Waals surface area (Å²) in [5.41, 5.74) is 1.92. The molecule has 1 aromatic carbocycles. The number of hydrogen-bond donors (Lipinski definition) is 1. The Balaban J connectivity index is 2.09. The average molecular weight is 277 g/mol. The zero-order valence-corrected chi connectivity index (χ0v) is 11.8. The zero-order valence-electron chi connectivity index (χ0n) is 11.1. The van der Waals surface area contributed by atoms with Gasteiger partial charge in [0.25, 0.3) is 0 Å². The summed E-state index contributed by atoms with van der Waals surface area (Å²) in [6.07, 6.45) is 3.54. The van der Waals surface area contributed by atoms with Crippen LogP contribution in [0.25, 0.3) is 0 Å². The molecule has 1 aromatic heterocycles. The molecule has 3 nitrogen and oxygen atoms in total. The van der Waals surface area contributed by atoms with E-state index in [1.807, 2.05) is 38.1 Å². The monoisotopic (exact) mass is 276 g/mol. The largest absolute Gasteiger partial charge is 0.491 e. The van der Waals surface area contributed by atoms with Crippen molar-refractivity contribution in [3.63, 3.8) is 0 Å². The maximum absolute atomic E-state index is 6.08. The molecular formula is C15H17ClN2O. The summed E-state index contributed by atoms with van der Waals surface area (Å²) < 4.78 is 5.78. The zero-order chi connectivity index (χ0) is 13.7. The van der Waals surface area contributed by atoms with Gasteiger partial charge in [0.15, 0.2) is 0 Å². The molecule has 0 aliphatic heterocycles. The maximum Gasteiger partial charge on any atom is 0.124 e. The van der Waals surface area contributed by atoms with Crippen molar-refractivity contribution >= 4 is 17.3 Å². The van der Waals surface area contributed by atoms with Crippen LogP contribution in [0.1, 0.15) is 19.4 Å². The molecule has 0 saturated carbocycles. The molecule has 0 atom stereocenters. The van der Waals surface area contributed by atoms with E-state index in [4.69, 9.17) is 16.3 Å². The molecule has 0 unspecified atom stereocenters. The van der Waals surface area contributed by atoms with Crippen LogP contribution in [0.2, 0.25) is 5.02 Å². The Morgan fingerprint density at radius 1 is 1.26 bits per heavy atom. The molecule has 0 saturated heterocycles. The van der Waals surface area contributed by atoms with Crippen molar-refractivity contribution in [2.75, 3.05) is 5.32 Å². The highest BCUT2D eigenvalue weighted by molar-refractivity contribution is 6.33. The first-order valence-electron chi connectivity index (χ1n) is 6.25. The molecule has 0 bridgehead atoms. The van der Waals surface area contributed by atoms with Crippen molar-refractivity contribution < 1.29 is 4.74 Å². The Morgan fingerprint density at radius 2 is 2.05 bits per heavy atom. The predicted molar refractivity (Wildman–Crippen MR) is 78.8 cm³/mol. The van der Waals surface area contributed by atoms with E-state index in [0.717, 1.165) is 17.0 Å². The van der Waals surface area contributed by atoms with Crippen LogP contribution in [0, 0.1) is 0 Å². The number of halogens is 1. The summed E-state index contributed by atoms with van der Waals surface area (Å²) in [6.45, 7) is 4.68. The molecule has 100 valence electrons. The average Bonchev–Trinajstić information content (AvgIpc) is 2.39. The van der Waals surface area contributed by atoms with E-state index in [2.05, 4.69) is 10.3 Å². The predicted octanol–water partition coefficient (Wildman–Crippen LogP) is 4.13. The standard InChI is InChI=1S/C15H17ClN2O/c1-11(2)19-15-6-4-3-5-12(15)9-18-14-10-17-8-7-13(14)16/h3-8,10-11,18H,9H2,1-2H3. The number of hydrogen-bond acceptors (Lipinski definition) is 3. The molecular weight excluding hydrogens is 260 g/mol. The number of para-hydroxylation sites is 1. The molecule has 0 spiro atoms. The van der Waals surface area contributed by atoms with E-state index < -0.39 is 0 Å². The fourth-order valence-electron chi connectivity index (χ4n) is 1.72. The molecule has 19 heavy (non-hydrogen) atoms. The second-order valence-electron chi connectivity index (χ2n) is 4.48.